The number of amidine groups is 1. The Morgan fingerprint density at radius 2 is 1.78 bits per heavy atom. The minimum atomic E-state index is -0.275. The van der Waals surface area contributed by atoms with Gasteiger partial charge in [-0.1, -0.05) is 6.07 Å². The van der Waals surface area contributed by atoms with E-state index in [2.05, 4.69) is 39.2 Å². The molecule has 2 fully saturated rings. The number of benzene rings is 1. The first-order valence-corrected chi connectivity index (χ1v) is 12.0. The Bertz CT molecular complexity index is 1180. The summed E-state index contributed by atoms with van der Waals surface area (Å²) in [4.78, 5) is 14.4. The molecule has 2 saturated heterocycles. The Labute approximate surface area is 188 Å². The largest absolute Gasteiger partial charge is 0.371 e. The standard InChI is InChI=1S/C26H30FN5/c1-30-17-22(26-24(30)14-20(27)16-28-26)18-7-11-31(12-8-18)21-6-5-19-13-25(29-23(19)15-21)32-9-3-2-4-10-32/h5-6,14-18H,2-4,7-13H2,1H3. The summed E-state index contributed by atoms with van der Waals surface area (Å²) in [6.45, 7) is 4.35. The van der Waals surface area contributed by atoms with Crippen molar-refractivity contribution in [3.63, 3.8) is 0 Å². The lowest BCUT2D eigenvalue weighted by Gasteiger charge is -2.33. The highest BCUT2D eigenvalue weighted by Gasteiger charge is 2.26. The van der Waals surface area contributed by atoms with Crippen LogP contribution in [0, 0.1) is 5.82 Å². The van der Waals surface area contributed by atoms with Crippen LogP contribution in [-0.2, 0) is 13.5 Å². The lowest BCUT2D eigenvalue weighted by atomic mass is 9.90. The van der Waals surface area contributed by atoms with Crippen LogP contribution in [0.2, 0.25) is 0 Å². The molecule has 0 bridgehead atoms. The topological polar surface area (TPSA) is 36.7 Å². The van der Waals surface area contributed by atoms with Gasteiger partial charge in [0.1, 0.15) is 11.7 Å². The molecule has 0 amide bonds. The van der Waals surface area contributed by atoms with E-state index in [1.165, 1.54) is 48.1 Å². The number of anilines is 1. The second kappa shape index (κ2) is 7.91. The molecule has 166 valence electrons. The Morgan fingerprint density at radius 1 is 0.969 bits per heavy atom. The van der Waals surface area contributed by atoms with Gasteiger partial charge in [0.05, 0.1) is 22.9 Å². The Morgan fingerprint density at radius 3 is 2.59 bits per heavy atom. The summed E-state index contributed by atoms with van der Waals surface area (Å²) in [5.74, 6) is 1.45. The van der Waals surface area contributed by atoms with Gasteiger partial charge >= 0.3 is 0 Å². The van der Waals surface area contributed by atoms with Gasteiger partial charge in [-0.05, 0) is 61.3 Å². The number of aliphatic imine (C=N–C) groups is 1. The number of aromatic nitrogens is 2. The molecule has 3 aliphatic rings. The van der Waals surface area contributed by atoms with Crippen LogP contribution in [0.3, 0.4) is 0 Å². The molecule has 0 spiro atoms. The number of hydrogen-bond donors (Lipinski definition) is 0. The molecule has 5 heterocycles. The second-order valence-corrected chi connectivity index (χ2v) is 9.54. The number of aryl methyl sites for hydroxylation is 1. The van der Waals surface area contributed by atoms with Crippen LogP contribution in [0.25, 0.3) is 11.0 Å². The lowest BCUT2D eigenvalue weighted by molar-refractivity contribution is 0.339. The summed E-state index contributed by atoms with van der Waals surface area (Å²) in [5, 5.41) is 0. The summed E-state index contributed by atoms with van der Waals surface area (Å²) in [5.41, 5.74) is 6.88. The van der Waals surface area contributed by atoms with Crippen molar-refractivity contribution in [2.75, 3.05) is 31.1 Å². The molecule has 32 heavy (non-hydrogen) atoms. The number of rotatable bonds is 2. The highest BCUT2D eigenvalue weighted by Crippen LogP contribution is 2.37. The van der Waals surface area contributed by atoms with Gasteiger partial charge in [0, 0.05) is 57.6 Å². The number of pyridine rings is 1. The van der Waals surface area contributed by atoms with Crippen molar-refractivity contribution in [1.82, 2.24) is 14.5 Å². The number of nitrogens with zero attached hydrogens (tertiary/aromatic N) is 5. The third-order valence-corrected chi connectivity index (χ3v) is 7.51. The molecule has 6 rings (SSSR count). The fourth-order valence-corrected chi connectivity index (χ4v) is 5.69. The van der Waals surface area contributed by atoms with Crippen LogP contribution in [-0.4, -0.2) is 46.5 Å². The molecular weight excluding hydrogens is 401 g/mol. The van der Waals surface area contributed by atoms with Gasteiger partial charge in [0.25, 0.3) is 0 Å². The average Bonchev–Trinajstić information content (AvgIpc) is 3.40. The number of likely N-dealkylation sites (tertiary alicyclic amines) is 1. The number of piperidine rings is 2. The quantitative estimate of drug-likeness (QED) is 0.562. The molecule has 3 aliphatic heterocycles. The van der Waals surface area contributed by atoms with Crippen molar-refractivity contribution >= 4 is 28.2 Å². The van der Waals surface area contributed by atoms with Gasteiger partial charge in [-0.2, -0.15) is 0 Å². The average molecular weight is 432 g/mol. The summed E-state index contributed by atoms with van der Waals surface area (Å²) in [6.07, 6.45) is 10.5. The first-order valence-electron chi connectivity index (χ1n) is 12.0. The fourth-order valence-electron chi connectivity index (χ4n) is 5.69. The number of fused-ring (bicyclic) bond motifs is 2. The van der Waals surface area contributed by atoms with E-state index in [9.17, 15) is 4.39 Å². The van der Waals surface area contributed by atoms with Crippen molar-refractivity contribution in [2.24, 2.45) is 12.0 Å². The summed E-state index contributed by atoms with van der Waals surface area (Å²) in [7, 11) is 1.98. The monoisotopic (exact) mass is 431 g/mol. The highest BCUT2D eigenvalue weighted by atomic mass is 19.1. The molecule has 0 N–H and O–H groups in total. The van der Waals surface area contributed by atoms with Crippen LogP contribution in [0.1, 0.15) is 49.1 Å². The van der Waals surface area contributed by atoms with Gasteiger partial charge in [0.15, 0.2) is 0 Å². The SMILES string of the molecule is Cn1cc(C2CCN(c3ccc4c(c3)N=C(N3CCCCC3)C4)CC2)c2ncc(F)cc21. The van der Waals surface area contributed by atoms with Crippen LogP contribution in [0.15, 0.2) is 41.7 Å². The Balaban J connectivity index is 1.17. The van der Waals surface area contributed by atoms with Crippen molar-refractivity contribution in [1.29, 1.82) is 0 Å². The molecule has 0 radical (unpaired) electrons. The van der Waals surface area contributed by atoms with Crippen molar-refractivity contribution in [2.45, 2.75) is 44.4 Å². The minimum absolute atomic E-state index is 0.275. The van der Waals surface area contributed by atoms with E-state index >= 15 is 0 Å². The summed E-state index contributed by atoms with van der Waals surface area (Å²) < 4.78 is 15.6. The molecule has 2 aromatic heterocycles. The molecule has 0 atom stereocenters. The zero-order chi connectivity index (χ0) is 21.7. The zero-order valence-electron chi connectivity index (χ0n) is 18.7. The van der Waals surface area contributed by atoms with E-state index < -0.39 is 0 Å². The molecule has 0 aliphatic carbocycles. The first kappa shape index (κ1) is 19.8. The van der Waals surface area contributed by atoms with Gasteiger partial charge in [0.2, 0.25) is 0 Å². The predicted octanol–water partition coefficient (Wildman–Crippen LogP) is 5.17. The van der Waals surface area contributed by atoms with Crippen LogP contribution < -0.4 is 4.90 Å². The maximum atomic E-state index is 13.6. The zero-order valence-corrected chi connectivity index (χ0v) is 18.7. The third-order valence-electron chi connectivity index (χ3n) is 7.51. The molecule has 1 aromatic carbocycles. The smallest absolute Gasteiger partial charge is 0.143 e. The maximum Gasteiger partial charge on any atom is 0.143 e. The van der Waals surface area contributed by atoms with Crippen LogP contribution in [0.4, 0.5) is 15.8 Å². The maximum absolute atomic E-state index is 13.6. The molecule has 0 saturated carbocycles. The van der Waals surface area contributed by atoms with E-state index in [-0.39, 0.29) is 5.82 Å². The Hall–Kier alpha value is -2.89. The predicted molar refractivity (Wildman–Crippen MR) is 128 cm³/mol. The highest BCUT2D eigenvalue weighted by molar-refractivity contribution is 5.93. The molecule has 3 aromatic rings. The number of hydrogen-bond acceptors (Lipinski definition) is 4. The molecule has 0 unspecified atom stereocenters. The van der Waals surface area contributed by atoms with Crippen molar-refractivity contribution in [3.05, 3.63) is 53.6 Å². The van der Waals surface area contributed by atoms with Gasteiger partial charge in [-0.3, -0.25) is 4.98 Å². The molecular formula is C26H30FN5. The van der Waals surface area contributed by atoms with Gasteiger partial charge in [-0.15, -0.1) is 0 Å². The summed E-state index contributed by atoms with van der Waals surface area (Å²) >= 11 is 0. The third kappa shape index (κ3) is 3.46. The van der Waals surface area contributed by atoms with Gasteiger partial charge < -0.3 is 14.4 Å². The van der Waals surface area contributed by atoms with E-state index in [1.807, 2.05) is 11.6 Å². The molecule has 5 nitrogen and oxygen atoms in total. The van der Waals surface area contributed by atoms with E-state index in [0.29, 0.717) is 5.92 Å². The van der Waals surface area contributed by atoms with E-state index in [4.69, 9.17) is 4.99 Å². The van der Waals surface area contributed by atoms with Crippen LogP contribution >= 0.6 is 0 Å². The van der Waals surface area contributed by atoms with E-state index in [0.717, 1.165) is 62.2 Å². The lowest BCUT2D eigenvalue weighted by Crippen LogP contribution is -2.35. The minimum Gasteiger partial charge on any atom is -0.371 e. The Kier molecular flexibility index (Phi) is 4.89. The van der Waals surface area contributed by atoms with E-state index in [1.54, 1.807) is 6.07 Å². The van der Waals surface area contributed by atoms with Crippen molar-refractivity contribution < 1.29 is 4.39 Å². The fraction of sp³-hybridized carbons (Fsp3) is 0.462. The first-order chi connectivity index (χ1) is 15.7. The normalized spacial score (nSPS) is 19.5. The van der Waals surface area contributed by atoms with Crippen LogP contribution in [0.5, 0.6) is 0 Å². The molecule has 6 heteroatoms. The van der Waals surface area contributed by atoms with Gasteiger partial charge in [-0.25, -0.2) is 9.38 Å². The second-order valence-electron chi connectivity index (χ2n) is 9.54. The van der Waals surface area contributed by atoms with Crippen molar-refractivity contribution in [3.8, 4) is 0 Å². The number of halogens is 1. The summed E-state index contributed by atoms with van der Waals surface area (Å²) in [6, 6.07) is 8.43.